The van der Waals surface area contributed by atoms with E-state index in [2.05, 4.69) is 0 Å². The molecule has 4 aromatic carbocycles. The number of hydrogen-bond acceptors (Lipinski definition) is 5. The molecular formula is C34H27N3O2S2. The molecule has 0 radical (unpaired) electrons. The van der Waals surface area contributed by atoms with Crippen molar-refractivity contribution in [2.75, 3.05) is 0 Å². The van der Waals surface area contributed by atoms with Crippen molar-refractivity contribution in [3.05, 3.63) is 143 Å². The molecule has 1 aliphatic rings. The summed E-state index contributed by atoms with van der Waals surface area (Å²) in [5.41, 5.74) is 5.61. The maximum absolute atomic E-state index is 13.6. The van der Waals surface area contributed by atoms with Crippen molar-refractivity contribution in [1.29, 1.82) is 0 Å². The summed E-state index contributed by atoms with van der Waals surface area (Å²) < 4.78 is 8.38. The summed E-state index contributed by atoms with van der Waals surface area (Å²) >= 11 is 6.99. The van der Waals surface area contributed by atoms with E-state index in [-0.39, 0.29) is 11.9 Å². The Hall–Kier alpha value is -4.46. The van der Waals surface area contributed by atoms with Gasteiger partial charge in [0.25, 0.3) is 5.91 Å². The van der Waals surface area contributed by atoms with Gasteiger partial charge in [-0.05, 0) is 60.5 Å². The number of thiocarbonyl (C=S) groups is 1. The number of rotatable bonds is 8. The number of carbonyl (C=O) groups excluding carboxylic acids is 1. The summed E-state index contributed by atoms with van der Waals surface area (Å²) in [4.78, 5) is 15.9. The van der Waals surface area contributed by atoms with Gasteiger partial charge in [0.2, 0.25) is 0 Å². The molecule has 0 bridgehead atoms. The molecule has 0 saturated carbocycles. The van der Waals surface area contributed by atoms with Crippen molar-refractivity contribution < 1.29 is 9.53 Å². The molecule has 1 amide bonds. The highest BCUT2D eigenvalue weighted by atomic mass is 32.2. The van der Waals surface area contributed by atoms with E-state index in [0.29, 0.717) is 15.8 Å². The lowest BCUT2D eigenvalue weighted by Gasteiger charge is -2.23. The van der Waals surface area contributed by atoms with Gasteiger partial charge in [0, 0.05) is 17.3 Å². The number of benzene rings is 4. The van der Waals surface area contributed by atoms with Crippen LogP contribution in [-0.2, 0) is 11.4 Å². The molecule has 1 unspecified atom stereocenters. The second-order valence-electron chi connectivity index (χ2n) is 9.65. The van der Waals surface area contributed by atoms with Gasteiger partial charge in [-0.25, -0.2) is 4.68 Å². The monoisotopic (exact) mass is 573 g/mol. The first kappa shape index (κ1) is 26.7. The molecule has 0 N–H and O–H groups in total. The van der Waals surface area contributed by atoms with Crippen LogP contribution in [0.1, 0.15) is 29.7 Å². The number of ether oxygens (including phenoxy) is 1. The first-order chi connectivity index (χ1) is 20.1. The number of hydrogen-bond donors (Lipinski definition) is 0. The third kappa shape index (κ3) is 5.87. The molecule has 202 valence electrons. The lowest BCUT2D eigenvalue weighted by Crippen LogP contribution is -2.30. The Morgan fingerprint density at radius 1 is 0.878 bits per heavy atom. The smallest absolute Gasteiger partial charge is 0.266 e. The summed E-state index contributed by atoms with van der Waals surface area (Å²) in [6.45, 7) is 2.50. The molecule has 1 aliphatic heterocycles. The van der Waals surface area contributed by atoms with Crippen molar-refractivity contribution in [3.63, 3.8) is 0 Å². The average molecular weight is 574 g/mol. The van der Waals surface area contributed by atoms with E-state index in [1.807, 2.05) is 139 Å². The average Bonchev–Trinajstić information content (AvgIpc) is 3.57. The predicted molar refractivity (Wildman–Crippen MR) is 170 cm³/mol. The van der Waals surface area contributed by atoms with Gasteiger partial charge in [-0.1, -0.05) is 103 Å². The van der Waals surface area contributed by atoms with Gasteiger partial charge < -0.3 is 4.74 Å². The van der Waals surface area contributed by atoms with Gasteiger partial charge in [0.15, 0.2) is 0 Å². The topological polar surface area (TPSA) is 47.4 Å². The summed E-state index contributed by atoms with van der Waals surface area (Å²) in [6.07, 6.45) is 3.86. The van der Waals surface area contributed by atoms with Crippen molar-refractivity contribution in [2.24, 2.45) is 0 Å². The van der Waals surface area contributed by atoms with Crippen LogP contribution in [0.5, 0.6) is 5.75 Å². The molecule has 41 heavy (non-hydrogen) atoms. The Kier molecular flexibility index (Phi) is 7.80. The van der Waals surface area contributed by atoms with Gasteiger partial charge in [0.05, 0.1) is 22.3 Å². The number of amides is 1. The van der Waals surface area contributed by atoms with E-state index < -0.39 is 0 Å². The standard InChI is InChI=1S/C34H27N3O2S2/c1-24(26-13-7-3-8-14-26)37-33(38)31(41-34(37)40)21-28-22-36(29-15-9-4-10-16-29)35-32(28)27-17-19-30(20-18-27)39-23-25-11-5-2-6-12-25/h2-22,24H,23H2,1H3/b31-21-. The van der Waals surface area contributed by atoms with Crippen LogP contribution >= 0.6 is 24.0 Å². The van der Waals surface area contributed by atoms with Crippen molar-refractivity contribution in [2.45, 2.75) is 19.6 Å². The van der Waals surface area contributed by atoms with Crippen LogP contribution in [0, 0.1) is 0 Å². The molecule has 5 aromatic rings. The molecule has 0 spiro atoms. The Morgan fingerprint density at radius 3 is 2.20 bits per heavy atom. The maximum atomic E-state index is 13.6. The lowest BCUT2D eigenvalue weighted by atomic mass is 10.1. The molecule has 5 nitrogen and oxygen atoms in total. The van der Waals surface area contributed by atoms with E-state index in [1.165, 1.54) is 11.8 Å². The fourth-order valence-corrected chi connectivity index (χ4v) is 6.13. The largest absolute Gasteiger partial charge is 0.489 e. The highest BCUT2D eigenvalue weighted by Gasteiger charge is 2.36. The van der Waals surface area contributed by atoms with Crippen LogP contribution in [-0.4, -0.2) is 24.9 Å². The fraction of sp³-hybridized carbons (Fsp3) is 0.0882. The molecular weight excluding hydrogens is 547 g/mol. The SMILES string of the molecule is CC(c1ccccc1)N1C(=O)/C(=C/c2cn(-c3ccccc3)nc2-c2ccc(OCc3ccccc3)cc2)SC1=S. The molecule has 6 rings (SSSR count). The second kappa shape index (κ2) is 12.0. The minimum absolute atomic E-state index is 0.0978. The van der Waals surface area contributed by atoms with Crippen molar-refractivity contribution >= 4 is 40.3 Å². The highest BCUT2D eigenvalue weighted by Crippen LogP contribution is 2.39. The lowest BCUT2D eigenvalue weighted by molar-refractivity contribution is -0.123. The van der Waals surface area contributed by atoms with Gasteiger partial charge in [-0.2, -0.15) is 5.10 Å². The van der Waals surface area contributed by atoms with Crippen molar-refractivity contribution in [1.82, 2.24) is 14.7 Å². The summed E-state index contributed by atoms with van der Waals surface area (Å²) in [5, 5.41) is 4.93. The van der Waals surface area contributed by atoms with E-state index in [0.717, 1.165) is 39.4 Å². The predicted octanol–water partition coefficient (Wildman–Crippen LogP) is 8.08. The van der Waals surface area contributed by atoms with E-state index in [1.54, 1.807) is 4.90 Å². The van der Waals surface area contributed by atoms with Crippen LogP contribution in [0.4, 0.5) is 0 Å². The molecule has 1 saturated heterocycles. The molecule has 1 atom stereocenters. The molecule has 7 heteroatoms. The second-order valence-corrected chi connectivity index (χ2v) is 11.3. The molecule has 0 aliphatic carbocycles. The number of para-hydroxylation sites is 1. The van der Waals surface area contributed by atoms with Gasteiger partial charge >= 0.3 is 0 Å². The third-order valence-electron chi connectivity index (χ3n) is 6.92. The van der Waals surface area contributed by atoms with E-state index in [4.69, 9.17) is 22.1 Å². The van der Waals surface area contributed by atoms with Crippen LogP contribution in [0.15, 0.2) is 126 Å². The zero-order valence-electron chi connectivity index (χ0n) is 22.4. The third-order valence-corrected chi connectivity index (χ3v) is 8.25. The van der Waals surface area contributed by atoms with E-state index >= 15 is 0 Å². The molecule has 2 heterocycles. The first-order valence-corrected chi connectivity index (χ1v) is 14.5. The quantitative estimate of drug-likeness (QED) is 0.139. The van der Waals surface area contributed by atoms with Crippen molar-refractivity contribution in [3.8, 4) is 22.7 Å². The Morgan fingerprint density at radius 2 is 1.51 bits per heavy atom. The number of thioether (sulfide) groups is 1. The normalized spacial score (nSPS) is 15.0. The number of aromatic nitrogens is 2. The van der Waals surface area contributed by atoms with Crippen LogP contribution in [0.25, 0.3) is 23.0 Å². The van der Waals surface area contributed by atoms with Gasteiger partial charge in [-0.15, -0.1) is 0 Å². The minimum Gasteiger partial charge on any atom is -0.489 e. The molecule has 1 fully saturated rings. The Balaban J connectivity index is 1.31. The highest BCUT2D eigenvalue weighted by molar-refractivity contribution is 8.26. The maximum Gasteiger partial charge on any atom is 0.266 e. The zero-order valence-corrected chi connectivity index (χ0v) is 24.0. The minimum atomic E-state index is -0.162. The zero-order chi connectivity index (χ0) is 28.2. The Bertz CT molecular complexity index is 1700. The van der Waals surface area contributed by atoms with Gasteiger partial charge in [-0.3, -0.25) is 9.69 Å². The summed E-state index contributed by atoms with van der Waals surface area (Å²) in [5.74, 6) is 0.678. The van der Waals surface area contributed by atoms with Crippen LogP contribution in [0.3, 0.4) is 0 Å². The Labute approximate surface area is 249 Å². The van der Waals surface area contributed by atoms with Crippen LogP contribution in [0.2, 0.25) is 0 Å². The summed E-state index contributed by atoms with van der Waals surface area (Å²) in [6, 6.07) is 37.7. The van der Waals surface area contributed by atoms with Crippen LogP contribution < -0.4 is 4.74 Å². The fourth-order valence-electron chi connectivity index (χ4n) is 4.72. The van der Waals surface area contributed by atoms with E-state index in [9.17, 15) is 4.79 Å². The first-order valence-electron chi connectivity index (χ1n) is 13.3. The number of nitrogens with zero attached hydrogens (tertiary/aromatic N) is 3. The van der Waals surface area contributed by atoms with Gasteiger partial charge in [0.1, 0.15) is 16.7 Å². The number of carbonyl (C=O) groups is 1. The molecule has 1 aromatic heterocycles. The summed E-state index contributed by atoms with van der Waals surface area (Å²) in [7, 11) is 0.